The van der Waals surface area contributed by atoms with Gasteiger partial charge in [-0.05, 0) is 22.9 Å². The van der Waals surface area contributed by atoms with E-state index in [1.807, 2.05) is 24.3 Å². The van der Waals surface area contributed by atoms with Crippen molar-refractivity contribution in [2.75, 3.05) is 13.7 Å². The Kier molecular flexibility index (Phi) is 8.66. The molecule has 6 atom stereocenters. The summed E-state index contributed by atoms with van der Waals surface area (Å²) < 4.78 is 24.9. The molecule has 2 aromatic carbocycles. The minimum Gasteiger partial charge on any atom is -0.496 e. The summed E-state index contributed by atoms with van der Waals surface area (Å²) in [4.78, 5) is 36.2. The molecule has 0 spiro atoms. The molecule has 6 N–H and O–H groups in total. The summed E-state index contributed by atoms with van der Waals surface area (Å²) in [6.07, 6.45) is -4.54. The van der Waals surface area contributed by atoms with Gasteiger partial charge in [0.1, 0.15) is 30.2 Å². The van der Waals surface area contributed by atoms with Gasteiger partial charge in [-0.1, -0.05) is 24.3 Å². The van der Waals surface area contributed by atoms with E-state index in [1.165, 1.54) is 7.11 Å². The third kappa shape index (κ3) is 5.79. The normalized spacial score (nSPS) is 26.3. The number of aliphatic hydroxyl groups is 2. The van der Waals surface area contributed by atoms with Gasteiger partial charge in [-0.15, -0.1) is 0 Å². The van der Waals surface area contributed by atoms with Crippen molar-refractivity contribution in [1.82, 2.24) is 0 Å². The molecule has 0 aliphatic carbocycles. The molecule has 0 aromatic heterocycles. The molecule has 6 unspecified atom stereocenters. The molecule has 30 heavy (non-hydrogen) atoms. The first-order chi connectivity index (χ1) is 14.3. The molecule has 166 valence electrons. The first-order valence-electron chi connectivity index (χ1n) is 8.53. The second kappa shape index (κ2) is 10.8. The lowest BCUT2D eigenvalue weighted by atomic mass is 9.97. The van der Waals surface area contributed by atoms with Crippen LogP contribution in [-0.2, 0) is 17.9 Å². The van der Waals surface area contributed by atoms with Gasteiger partial charge in [-0.2, -0.15) is 0 Å². The Hall–Kier alpha value is -0.610. The fourth-order valence-corrected chi connectivity index (χ4v) is 4.91. The van der Waals surface area contributed by atoms with Gasteiger partial charge in [0.15, 0.2) is 0 Å². The van der Waals surface area contributed by atoms with Crippen LogP contribution >= 0.6 is 25.8 Å². The van der Waals surface area contributed by atoms with E-state index in [9.17, 15) is 20.0 Å². The molecule has 11 nitrogen and oxygen atoms in total. The number of fused-ring (bicyclic) bond motifs is 1. The summed E-state index contributed by atoms with van der Waals surface area (Å²) in [6, 6.07) is 11.2. The van der Waals surface area contributed by atoms with Gasteiger partial charge < -0.3 is 43.8 Å². The molecule has 0 saturated carbocycles. The highest BCUT2D eigenvalue weighted by Crippen LogP contribution is 2.55. The lowest BCUT2D eigenvalue weighted by Gasteiger charge is -2.19. The average Bonchev–Trinajstić information content (AvgIpc) is 2.98. The second-order valence-corrected chi connectivity index (χ2v) is 9.23. The van der Waals surface area contributed by atoms with Crippen LogP contribution in [0.5, 0.6) is 5.75 Å². The fourth-order valence-electron chi connectivity index (χ4n) is 3.08. The molecule has 0 bridgehead atoms. The molecule has 1 aliphatic heterocycles. The SMILES string of the molecule is COc1cc2ccccc2cc1C1OC(COP(O)OP(O)OP(O)O)C(O)C1O. The summed E-state index contributed by atoms with van der Waals surface area (Å²) >= 11 is 0. The number of hydrogen-bond donors (Lipinski definition) is 6. The predicted octanol–water partition coefficient (Wildman–Crippen LogP) is 1.71. The van der Waals surface area contributed by atoms with Crippen molar-refractivity contribution in [3.63, 3.8) is 0 Å². The van der Waals surface area contributed by atoms with Crippen molar-refractivity contribution in [1.29, 1.82) is 0 Å². The number of aliphatic hydroxyl groups excluding tert-OH is 2. The van der Waals surface area contributed by atoms with E-state index in [4.69, 9.17) is 23.8 Å². The number of benzene rings is 2. The first kappa shape index (κ1) is 24.0. The van der Waals surface area contributed by atoms with Gasteiger partial charge in [-0.25, -0.2) is 8.62 Å². The Morgan fingerprint density at radius 1 is 0.933 bits per heavy atom. The lowest BCUT2D eigenvalue weighted by Crippen LogP contribution is -2.33. The van der Waals surface area contributed by atoms with Crippen LogP contribution in [0.25, 0.3) is 10.8 Å². The highest BCUT2D eigenvalue weighted by molar-refractivity contribution is 7.60. The molecule has 1 fully saturated rings. The maximum Gasteiger partial charge on any atom is 0.344 e. The van der Waals surface area contributed by atoms with E-state index < -0.39 is 50.2 Å². The second-order valence-electron chi connectivity index (χ2n) is 6.21. The number of hydrogen-bond acceptors (Lipinski definition) is 11. The van der Waals surface area contributed by atoms with Crippen LogP contribution in [0.4, 0.5) is 0 Å². The van der Waals surface area contributed by atoms with Crippen molar-refractivity contribution < 1.29 is 52.4 Å². The van der Waals surface area contributed by atoms with Gasteiger partial charge >= 0.3 is 25.8 Å². The zero-order valence-electron chi connectivity index (χ0n) is 15.5. The summed E-state index contributed by atoms with van der Waals surface area (Å²) in [5.74, 6) is 0.479. The monoisotopic (exact) mass is 482 g/mol. The highest BCUT2D eigenvalue weighted by atomic mass is 31.3. The fraction of sp³-hybridized carbons (Fsp3) is 0.375. The predicted molar refractivity (Wildman–Crippen MR) is 108 cm³/mol. The van der Waals surface area contributed by atoms with Crippen molar-refractivity contribution >= 4 is 36.6 Å². The zero-order valence-corrected chi connectivity index (χ0v) is 18.2. The van der Waals surface area contributed by atoms with Crippen LogP contribution < -0.4 is 4.74 Å². The van der Waals surface area contributed by atoms with Gasteiger partial charge in [0.2, 0.25) is 0 Å². The van der Waals surface area contributed by atoms with Crippen molar-refractivity contribution in [3.8, 4) is 5.75 Å². The third-order valence-corrected chi connectivity index (χ3v) is 7.03. The van der Waals surface area contributed by atoms with E-state index in [0.717, 1.165) is 10.8 Å². The third-order valence-electron chi connectivity index (χ3n) is 4.40. The minimum atomic E-state index is -2.86. The van der Waals surface area contributed by atoms with Crippen LogP contribution in [0, 0.1) is 0 Å². The van der Waals surface area contributed by atoms with Gasteiger partial charge in [0.25, 0.3) is 0 Å². The Labute approximate surface area is 175 Å². The highest BCUT2D eigenvalue weighted by Gasteiger charge is 2.45. The quantitative estimate of drug-likeness (QED) is 0.288. The maximum atomic E-state index is 10.5. The Morgan fingerprint density at radius 3 is 2.23 bits per heavy atom. The van der Waals surface area contributed by atoms with Gasteiger partial charge in [0, 0.05) is 5.56 Å². The molecular formula is C16H21O11P3. The molecule has 0 radical (unpaired) electrons. The van der Waals surface area contributed by atoms with Gasteiger partial charge in [-0.3, -0.25) is 0 Å². The average molecular weight is 482 g/mol. The molecule has 2 aromatic rings. The minimum absolute atomic E-state index is 0.372. The molecule has 14 heteroatoms. The van der Waals surface area contributed by atoms with E-state index in [-0.39, 0.29) is 6.61 Å². The molecule has 3 rings (SSSR count). The Bertz CT molecular complexity index is 841. The zero-order chi connectivity index (χ0) is 21.8. The molecule has 1 saturated heterocycles. The standard InChI is InChI=1S/C16H21O11P3/c1-23-12-7-10-5-3-2-4-9(10)6-11(12)16-15(18)14(17)13(25-16)8-24-29(21)27-30(22)26-28(19)20/h2-7,13-22H,8H2,1H3. The number of methoxy groups -OCH3 is 1. The summed E-state index contributed by atoms with van der Waals surface area (Å²) in [6.45, 7) is -0.372. The van der Waals surface area contributed by atoms with Crippen LogP contribution in [0.3, 0.4) is 0 Å². The Balaban J connectivity index is 1.67. The van der Waals surface area contributed by atoms with Gasteiger partial charge in [0.05, 0.1) is 13.7 Å². The maximum absolute atomic E-state index is 10.5. The Morgan fingerprint density at radius 2 is 1.60 bits per heavy atom. The van der Waals surface area contributed by atoms with E-state index in [1.54, 1.807) is 12.1 Å². The molecular weight excluding hydrogens is 461 g/mol. The van der Waals surface area contributed by atoms with E-state index in [0.29, 0.717) is 11.3 Å². The topological polar surface area (TPSA) is 168 Å². The van der Waals surface area contributed by atoms with Crippen molar-refractivity contribution in [2.24, 2.45) is 0 Å². The smallest absolute Gasteiger partial charge is 0.344 e. The molecule has 1 aliphatic rings. The molecule has 0 amide bonds. The van der Waals surface area contributed by atoms with Crippen molar-refractivity contribution in [2.45, 2.75) is 24.4 Å². The van der Waals surface area contributed by atoms with Crippen LogP contribution in [0.15, 0.2) is 36.4 Å². The van der Waals surface area contributed by atoms with Crippen LogP contribution in [0.2, 0.25) is 0 Å². The van der Waals surface area contributed by atoms with Crippen LogP contribution in [0.1, 0.15) is 11.7 Å². The summed E-state index contributed by atoms with van der Waals surface area (Å²) in [5.41, 5.74) is 0.541. The number of ether oxygens (including phenoxy) is 2. The first-order valence-corrected chi connectivity index (χ1v) is 12.0. The van der Waals surface area contributed by atoms with E-state index >= 15 is 0 Å². The van der Waals surface area contributed by atoms with Crippen molar-refractivity contribution in [3.05, 3.63) is 42.0 Å². The summed E-state index contributed by atoms with van der Waals surface area (Å²) in [5, 5.41) is 22.7. The summed E-state index contributed by atoms with van der Waals surface area (Å²) in [7, 11) is -6.79. The van der Waals surface area contributed by atoms with Crippen LogP contribution in [-0.4, -0.2) is 61.8 Å². The van der Waals surface area contributed by atoms with E-state index in [2.05, 4.69) is 8.62 Å². The lowest BCUT2D eigenvalue weighted by molar-refractivity contribution is -0.0192. The largest absolute Gasteiger partial charge is 0.496 e. The molecule has 1 heterocycles. The number of rotatable bonds is 9.